The highest BCUT2D eigenvalue weighted by Crippen LogP contribution is 2.41. The first-order chi connectivity index (χ1) is 9.14. The Morgan fingerprint density at radius 1 is 1.16 bits per heavy atom. The molecule has 0 saturated heterocycles. The van der Waals surface area contributed by atoms with Crippen molar-refractivity contribution in [2.45, 2.75) is 44.9 Å². The second kappa shape index (κ2) is 5.64. The van der Waals surface area contributed by atoms with Crippen LogP contribution in [0.5, 0.6) is 0 Å². The van der Waals surface area contributed by atoms with Gasteiger partial charge in [-0.3, -0.25) is 4.79 Å². The highest BCUT2D eigenvalue weighted by atomic mass is 16.4. The first kappa shape index (κ1) is 13.9. The van der Waals surface area contributed by atoms with Crippen LogP contribution in [0.15, 0.2) is 24.3 Å². The summed E-state index contributed by atoms with van der Waals surface area (Å²) in [5, 5.41) is 9.58. The van der Waals surface area contributed by atoms with E-state index in [1.807, 2.05) is 12.1 Å². The Kier molecular flexibility index (Phi) is 4.13. The van der Waals surface area contributed by atoms with E-state index in [0.717, 1.165) is 44.3 Å². The molecule has 0 bridgehead atoms. The zero-order chi connectivity index (χ0) is 13.9. The molecule has 1 N–H and O–H groups in total. The quantitative estimate of drug-likeness (QED) is 0.882. The number of nitrogens with zero attached hydrogens (tertiary/aromatic N) is 1. The summed E-state index contributed by atoms with van der Waals surface area (Å²) in [5.74, 6) is -0.666. The van der Waals surface area contributed by atoms with E-state index in [2.05, 4.69) is 30.9 Å². The summed E-state index contributed by atoms with van der Waals surface area (Å²) in [5.41, 5.74) is 1.50. The van der Waals surface area contributed by atoms with Crippen molar-refractivity contribution in [3.05, 3.63) is 29.8 Å². The fourth-order valence-corrected chi connectivity index (χ4v) is 3.18. The van der Waals surface area contributed by atoms with Crippen molar-refractivity contribution in [2.24, 2.45) is 0 Å². The molecule has 0 amide bonds. The summed E-state index contributed by atoms with van der Waals surface area (Å²) in [6.07, 6.45) is 3.58. The van der Waals surface area contributed by atoms with Crippen LogP contribution < -0.4 is 4.90 Å². The van der Waals surface area contributed by atoms with Gasteiger partial charge in [-0.25, -0.2) is 0 Å². The fourth-order valence-electron chi connectivity index (χ4n) is 3.18. The van der Waals surface area contributed by atoms with Crippen LogP contribution >= 0.6 is 0 Å². The molecule has 2 rings (SSSR count). The van der Waals surface area contributed by atoms with Crippen molar-refractivity contribution in [2.75, 3.05) is 18.0 Å². The van der Waals surface area contributed by atoms with E-state index in [1.54, 1.807) is 0 Å². The summed E-state index contributed by atoms with van der Waals surface area (Å²) in [4.78, 5) is 13.9. The van der Waals surface area contributed by atoms with Gasteiger partial charge in [-0.15, -0.1) is 0 Å². The molecule has 0 heterocycles. The number of rotatable bonds is 5. The van der Waals surface area contributed by atoms with Crippen molar-refractivity contribution >= 4 is 11.7 Å². The Morgan fingerprint density at radius 2 is 1.68 bits per heavy atom. The highest BCUT2D eigenvalue weighted by molar-refractivity contribution is 5.82. The molecule has 1 saturated carbocycles. The summed E-state index contributed by atoms with van der Waals surface area (Å²) < 4.78 is 0. The van der Waals surface area contributed by atoms with E-state index in [4.69, 9.17) is 0 Å². The van der Waals surface area contributed by atoms with Gasteiger partial charge in [-0.2, -0.15) is 0 Å². The third-order valence-electron chi connectivity index (χ3n) is 4.41. The Labute approximate surface area is 115 Å². The smallest absolute Gasteiger partial charge is 0.314 e. The Balaban J connectivity index is 2.29. The van der Waals surface area contributed by atoms with E-state index < -0.39 is 11.4 Å². The minimum Gasteiger partial charge on any atom is -0.481 e. The lowest BCUT2D eigenvalue weighted by molar-refractivity contribution is -0.143. The van der Waals surface area contributed by atoms with Gasteiger partial charge >= 0.3 is 5.97 Å². The second-order valence-corrected chi connectivity index (χ2v) is 5.31. The Bertz CT molecular complexity index is 429. The third kappa shape index (κ3) is 2.46. The molecule has 3 heteroatoms. The number of benzene rings is 1. The summed E-state index contributed by atoms with van der Waals surface area (Å²) in [6, 6.07) is 8.14. The number of hydrogen-bond donors (Lipinski definition) is 1. The molecule has 0 atom stereocenters. The molecule has 104 valence electrons. The van der Waals surface area contributed by atoms with Crippen LogP contribution in [0.1, 0.15) is 45.1 Å². The molecule has 0 aromatic heterocycles. The lowest BCUT2D eigenvalue weighted by Gasteiger charge is -2.26. The van der Waals surface area contributed by atoms with Crippen molar-refractivity contribution in [3.8, 4) is 0 Å². The molecular weight excluding hydrogens is 238 g/mol. The fraction of sp³-hybridized carbons (Fsp3) is 0.562. The average molecular weight is 261 g/mol. The topological polar surface area (TPSA) is 40.5 Å². The lowest BCUT2D eigenvalue weighted by Crippen LogP contribution is -2.32. The molecule has 1 aromatic carbocycles. The number of anilines is 1. The maximum absolute atomic E-state index is 11.6. The number of aliphatic carboxylic acids is 1. The van der Waals surface area contributed by atoms with Crippen LogP contribution in [-0.2, 0) is 10.2 Å². The first-order valence-electron chi connectivity index (χ1n) is 7.23. The molecule has 19 heavy (non-hydrogen) atoms. The average Bonchev–Trinajstić information content (AvgIpc) is 2.91. The molecule has 0 radical (unpaired) electrons. The van der Waals surface area contributed by atoms with Gasteiger partial charge < -0.3 is 10.0 Å². The summed E-state index contributed by atoms with van der Waals surface area (Å²) in [7, 11) is 0. The van der Waals surface area contributed by atoms with Gasteiger partial charge in [-0.05, 0) is 44.4 Å². The normalized spacial score (nSPS) is 17.4. The Morgan fingerprint density at radius 3 is 2.11 bits per heavy atom. The second-order valence-electron chi connectivity index (χ2n) is 5.31. The molecule has 3 nitrogen and oxygen atoms in total. The highest BCUT2D eigenvalue weighted by Gasteiger charge is 2.42. The number of hydrogen-bond acceptors (Lipinski definition) is 2. The third-order valence-corrected chi connectivity index (χ3v) is 4.41. The van der Waals surface area contributed by atoms with Crippen LogP contribution in [0.25, 0.3) is 0 Å². The van der Waals surface area contributed by atoms with Crippen LogP contribution in [0.3, 0.4) is 0 Å². The predicted octanol–water partition coefficient (Wildman–Crippen LogP) is 3.43. The van der Waals surface area contributed by atoms with E-state index in [0.29, 0.717) is 0 Å². The standard InChI is InChI=1S/C16H23NO2/c1-3-17(4-2)14-9-7-13(8-10-14)16(15(18)19)11-5-6-12-16/h7-10H,3-6,11-12H2,1-2H3,(H,18,19). The van der Waals surface area contributed by atoms with Gasteiger partial charge in [0.2, 0.25) is 0 Å². The van der Waals surface area contributed by atoms with Gasteiger partial charge in [0.1, 0.15) is 0 Å². The monoisotopic (exact) mass is 261 g/mol. The number of carbonyl (C=O) groups is 1. The van der Waals surface area contributed by atoms with Gasteiger partial charge in [0.25, 0.3) is 0 Å². The van der Waals surface area contributed by atoms with Gasteiger partial charge in [0.05, 0.1) is 5.41 Å². The largest absolute Gasteiger partial charge is 0.481 e. The van der Waals surface area contributed by atoms with Crippen LogP contribution in [0.4, 0.5) is 5.69 Å². The molecule has 0 aliphatic heterocycles. The molecule has 1 aliphatic carbocycles. The van der Waals surface area contributed by atoms with E-state index in [1.165, 1.54) is 5.69 Å². The van der Waals surface area contributed by atoms with Gasteiger partial charge in [0.15, 0.2) is 0 Å². The zero-order valence-electron chi connectivity index (χ0n) is 11.9. The Hall–Kier alpha value is -1.51. The summed E-state index contributed by atoms with van der Waals surface area (Å²) >= 11 is 0. The minimum atomic E-state index is -0.666. The zero-order valence-corrected chi connectivity index (χ0v) is 11.9. The van der Waals surface area contributed by atoms with E-state index in [-0.39, 0.29) is 0 Å². The number of carboxylic acid groups (broad SMARTS) is 1. The molecule has 0 unspecified atom stereocenters. The molecule has 1 aromatic rings. The van der Waals surface area contributed by atoms with Crippen LogP contribution in [0.2, 0.25) is 0 Å². The maximum Gasteiger partial charge on any atom is 0.314 e. The maximum atomic E-state index is 11.6. The lowest BCUT2D eigenvalue weighted by atomic mass is 9.79. The van der Waals surface area contributed by atoms with Gasteiger partial charge in [-0.1, -0.05) is 25.0 Å². The van der Waals surface area contributed by atoms with Crippen LogP contribution in [-0.4, -0.2) is 24.2 Å². The molecule has 1 aliphatic rings. The molecule has 1 fully saturated rings. The van der Waals surface area contributed by atoms with E-state index in [9.17, 15) is 9.90 Å². The van der Waals surface area contributed by atoms with E-state index >= 15 is 0 Å². The molecular formula is C16H23NO2. The summed E-state index contributed by atoms with van der Waals surface area (Å²) in [6.45, 7) is 6.21. The number of carboxylic acids is 1. The first-order valence-corrected chi connectivity index (χ1v) is 7.23. The minimum absolute atomic E-state index is 0.637. The van der Waals surface area contributed by atoms with Crippen molar-refractivity contribution in [1.29, 1.82) is 0 Å². The van der Waals surface area contributed by atoms with Crippen LogP contribution in [0, 0.1) is 0 Å². The predicted molar refractivity (Wildman–Crippen MR) is 77.8 cm³/mol. The SMILES string of the molecule is CCN(CC)c1ccc(C2(C(=O)O)CCCC2)cc1. The van der Waals surface area contributed by atoms with Crippen molar-refractivity contribution < 1.29 is 9.90 Å². The van der Waals surface area contributed by atoms with Gasteiger partial charge in [0, 0.05) is 18.8 Å². The van der Waals surface area contributed by atoms with Crippen molar-refractivity contribution in [3.63, 3.8) is 0 Å². The van der Waals surface area contributed by atoms with Crippen molar-refractivity contribution in [1.82, 2.24) is 0 Å². The molecule has 0 spiro atoms.